The number of nitrogens with two attached hydrogens (primary N) is 1. The molecule has 102 valence electrons. The van der Waals surface area contributed by atoms with Crippen molar-refractivity contribution in [1.29, 1.82) is 0 Å². The van der Waals surface area contributed by atoms with Crippen molar-refractivity contribution in [3.05, 3.63) is 45.7 Å². The molecule has 0 spiro atoms. The highest BCUT2D eigenvalue weighted by Gasteiger charge is 2.10. The monoisotopic (exact) mass is 280 g/mol. The Morgan fingerprint density at radius 2 is 2.26 bits per heavy atom. The first kappa shape index (κ1) is 14.0. The van der Waals surface area contributed by atoms with Crippen LogP contribution in [0.15, 0.2) is 23.7 Å². The fourth-order valence-corrected chi connectivity index (χ4v) is 2.59. The lowest BCUT2D eigenvalue weighted by Gasteiger charge is -2.14. The Hall–Kier alpha value is -1.46. The zero-order chi connectivity index (χ0) is 13.8. The average molecular weight is 280 g/mol. The fourth-order valence-electron chi connectivity index (χ4n) is 1.83. The number of benzene rings is 1. The van der Waals surface area contributed by atoms with Crippen molar-refractivity contribution < 1.29 is 9.13 Å². The molecule has 0 bridgehead atoms. The van der Waals surface area contributed by atoms with E-state index < -0.39 is 0 Å². The first-order valence-electron chi connectivity index (χ1n) is 6.14. The summed E-state index contributed by atoms with van der Waals surface area (Å²) in [6, 6.07) is 4.20. The van der Waals surface area contributed by atoms with Gasteiger partial charge < -0.3 is 10.5 Å². The number of hydrogen-bond acceptors (Lipinski definition) is 4. The molecule has 0 fully saturated rings. The van der Waals surface area contributed by atoms with Crippen LogP contribution in [-0.4, -0.2) is 11.6 Å². The van der Waals surface area contributed by atoms with E-state index in [9.17, 15) is 4.39 Å². The van der Waals surface area contributed by atoms with Gasteiger partial charge in [0, 0.05) is 22.9 Å². The van der Waals surface area contributed by atoms with Crippen molar-refractivity contribution in [1.82, 2.24) is 4.98 Å². The molecule has 2 aromatic rings. The summed E-state index contributed by atoms with van der Waals surface area (Å²) in [6.07, 6.45) is 0.798. The van der Waals surface area contributed by atoms with Crippen LogP contribution in [0.5, 0.6) is 5.75 Å². The number of rotatable bonds is 5. The molecule has 1 aromatic heterocycles. The molecule has 2 rings (SSSR count). The maximum absolute atomic E-state index is 13.2. The quantitative estimate of drug-likeness (QED) is 0.914. The van der Waals surface area contributed by atoms with Gasteiger partial charge in [0.15, 0.2) is 0 Å². The molecule has 5 heteroatoms. The number of aromatic nitrogens is 1. The van der Waals surface area contributed by atoms with E-state index in [0.29, 0.717) is 17.9 Å². The molecule has 0 aliphatic carbocycles. The van der Waals surface area contributed by atoms with Crippen molar-refractivity contribution in [2.45, 2.75) is 26.3 Å². The molecule has 1 aromatic carbocycles. The zero-order valence-electron chi connectivity index (χ0n) is 11.0. The second-order valence-corrected chi connectivity index (χ2v) is 5.37. The van der Waals surface area contributed by atoms with Gasteiger partial charge in [-0.1, -0.05) is 0 Å². The molecular formula is C14H17FN2OS. The van der Waals surface area contributed by atoms with Crippen molar-refractivity contribution in [3.63, 3.8) is 0 Å². The van der Waals surface area contributed by atoms with Gasteiger partial charge in [0.1, 0.15) is 11.6 Å². The van der Waals surface area contributed by atoms with E-state index in [2.05, 4.69) is 4.98 Å². The minimum atomic E-state index is -0.294. The van der Waals surface area contributed by atoms with Gasteiger partial charge in [0.2, 0.25) is 0 Å². The van der Waals surface area contributed by atoms with Crippen LogP contribution >= 0.6 is 11.3 Å². The van der Waals surface area contributed by atoms with E-state index >= 15 is 0 Å². The molecule has 2 N–H and O–H groups in total. The largest absolute Gasteiger partial charge is 0.493 e. The third-order valence-electron chi connectivity index (χ3n) is 2.89. The first-order valence-corrected chi connectivity index (χ1v) is 7.02. The summed E-state index contributed by atoms with van der Waals surface area (Å²) in [5.74, 6) is 0.358. The van der Waals surface area contributed by atoms with Gasteiger partial charge in [-0.25, -0.2) is 9.37 Å². The highest BCUT2D eigenvalue weighted by Crippen LogP contribution is 2.25. The van der Waals surface area contributed by atoms with Crippen molar-refractivity contribution >= 4 is 11.3 Å². The summed E-state index contributed by atoms with van der Waals surface area (Å²) in [4.78, 5) is 5.41. The summed E-state index contributed by atoms with van der Waals surface area (Å²) in [7, 11) is 0. The number of halogens is 1. The normalized spacial score (nSPS) is 12.4. The highest BCUT2D eigenvalue weighted by molar-refractivity contribution is 7.09. The Morgan fingerprint density at radius 1 is 1.47 bits per heavy atom. The van der Waals surface area contributed by atoms with E-state index in [1.807, 2.05) is 19.4 Å². The van der Waals surface area contributed by atoms with Crippen LogP contribution < -0.4 is 10.5 Å². The maximum atomic E-state index is 13.2. The van der Waals surface area contributed by atoms with Crippen LogP contribution in [0.25, 0.3) is 0 Å². The summed E-state index contributed by atoms with van der Waals surface area (Å²) >= 11 is 1.62. The van der Waals surface area contributed by atoms with Crippen molar-refractivity contribution in [3.8, 4) is 5.75 Å². The molecular weight excluding hydrogens is 263 g/mol. The smallest absolute Gasteiger partial charge is 0.124 e. The third-order valence-corrected chi connectivity index (χ3v) is 3.89. The van der Waals surface area contributed by atoms with Gasteiger partial charge in [-0.3, -0.25) is 0 Å². The van der Waals surface area contributed by atoms with Gasteiger partial charge in [-0.05, 0) is 32.0 Å². The van der Waals surface area contributed by atoms with Gasteiger partial charge in [-0.15, -0.1) is 11.3 Å². The van der Waals surface area contributed by atoms with E-state index in [0.717, 1.165) is 12.1 Å². The lowest BCUT2D eigenvalue weighted by atomic mass is 10.1. The van der Waals surface area contributed by atoms with E-state index in [1.165, 1.54) is 17.0 Å². The third kappa shape index (κ3) is 3.52. The SMILES string of the molecule is Cc1ncsc1CCOc1ccc(F)cc1[C@@H](C)N. The predicted octanol–water partition coefficient (Wildman–Crippen LogP) is 3.23. The first-order chi connectivity index (χ1) is 9.08. The molecule has 0 aliphatic rings. The molecule has 0 unspecified atom stereocenters. The molecule has 0 saturated heterocycles. The lowest BCUT2D eigenvalue weighted by Crippen LogP contribution is -2.10. The molecule has 1 atom stereocenters. The van der Waals surface area contributed by atoms with Crippen LogP contribution in [0.2, 0.25) is 0 Å². The molecule has 1 heterocycles. The van der Waals surface area contributed by atoms with Gasteiger partial charge in [-0.2, -0.15) is 0 Å². The van der Waals surface area contributed by atoms with Crippen LogP contribution in [0.4, 0.5) is 4.39 Å². The van der Waals surface area contributed by atoms with Crippen molar-refractivity contribution in [2.24, 2.45) is 5.73 Å². The predicted molar refractivity (Wildman–Crippen MR) is 75.1 cm³/mol. The van der Waals surface area contributed by atoms with Gasteiger partial charge >= 0.3 is 0 Å². The maximum Gasteiger partial charge on any atom is 0.124 e. The summed E-state index contributed by atoms with van der Waals surface area (Å²) in [5, 5.41) is 0. The Labute approximate surface area is 116 Å². The summed E-state index contributed by atoms with van der Waals surface area (Å²) < 4.78 is 18.9. The molecule has 0 saturated carbocycles. The fraction of sp³-hybridized carbons (Fsp3) is 0.357. The van der Waals surface area contributed by atoms with Crippen LogP contribution in [-0.2, 0) is 6.42 Å². The second kappa shape index (κ2) is 6.12. The van der Waals surface area contributed by atoms with Gasteiger partial charge in [0.25, 0.3) is 0 Å². The highest BCUT2D eigenvalue weighted by atomic mass is 32.1. The molecule has 0 aliphatic heterocycles. The Bertz CT molecular complexity index is 554. The molecule has 19 heavy (non-hydrogen) atoms. The molecule has 3 nitrogen and oxygen atoms in total. The second-order valence-electron chi connectivity index (χ2n) is 4.43. The standard InChI is InChI=1S/C14H17FN2OS/c1-9(16)12-7-11(15)3-4-13(12)18-6-5-14-10(2)17-8-19-14/h3-4,7-9H,5-6,16H2,1-2H3/t9-/m1/s1. The summed E-state index contributed by atoms with van der Waals surface area (Å²) in [6.45, 7) is 4.33. The number of hydrogen-bond donors (Lipinski definition) is 1. The average Bonchev–Trinajstić information content (AvgIpc) is 2.77. The van der Waals surface area contributed by atoms with E-state index in [4.69, 9.17) is 10.5 Å². The number of aryl methyl sites for hydroxylation is 1. The Kier molecular flexibility index (Phi) is 4.50. The Morgan fingerprint density at radius 3 is 2.89 bits per heavy atom. The van der Waals surface area contributed by atoms with Crippen molar-refractivity contribution in [2.75, 3.05) is 6.61 Å². The van der Waals surface area contributed by atoms with Crippen LogP contribution in [0.3, 0.4) is 0 Å². The van der Waals surface area contributed by atoms with Gasteiger partial charge in [0.05, 0.1) is 17.8 Å². The number of thiazole rings is 1. The minimum Gasteiger partial charge on any atom is -0.493 e. The van der Waals surface area contributed by atoms with E-state index in [1.54, 1.807) is 17.4 Å². The summed E-state index contributed by atoms with van der Waals surface area (Å²) in [5.41, 5.74) is 9.39. The number of nitrogens with zero attached hydrogens (tertiary/aromatic N) is 1. The Balaban J connectivity index is 2.01. The van der Waals surface area contributed by atoms with Crippen LogP contribution in [0, 0.1) is 12.7 Å². The topological polar surface area (TPSA) is 48.1 Å². The zero-order valence-corrected chi connectivity index (χ0v) is 11.8. The minimum absolute atomic E-state index is 0.254. The molecule has 0 amide bonds. The van der Waals surface area contributed by atoms with Crippen LogP contribution in [0.1, 0.15) is 29.1 Å². The molecule has 0 radical (unpaired) electrons. The number of ether oxygens (including phenoxy) is 1. The van der Waals surface area contributed by atoms with E-state index in [-0.39, 0.29) is 11.9 Å². The lowest BCUT2D eigenvalue weighted by molar-refractivity contribution is 0.317.